The van der Waals surface area contributed by atoms with E-state index in [1.807, 2.05) is 50.5 Å². The zero-order chi connectivity index (χ0) is 21.8. The van der Waals surface area contributed by atoms with Crippen LogP contribution < -0.4 is 10.6 Å². The molecule has 0 fully saturated rings. The van der Waals surface area contributed by atoms with Crippen LogP contribution in [0, 0.1) is 18.3 Å². The number of hydrogen-bond acceptors (Lipinski definition) is 5. The first-order valence-electron chi connectivity index (χ1n) is 9.67. The summed E-state index contributed by atoms with van der Waals surface area (Å²) in [5.74, 6) is 0.242. The molecule has 0 bridgehead atoms. The minimum atomic E-state index is -0.289. The fourth-order valence-electron chi connectivity index (χ4n) is 3.12. The summed E-state index contributed by atoms with van der Waals surface area (Å²) in [6.07, 6.45) is 5.38. The normalized spacial score (nSPS) is 10.4. The van der Waals surface area contributed by atoms with Crippen molar-refractivity contribution in [3.63, 3.8) is 0 Å². The number of aromatic nitrogens is 3. The number of benzene rings is 2. The van der Waals surface area contributed by atoms with E-state index >= 15 is 0 Å². The Morgan fingerprint density at radius 1 is 1.03 bits per heavy atom. The lowest BCUT2D eigenvalue weighted by Crippen LogP contribution is -2.14. The first-order valence-corrected chi connectivity index (χ1v) is 9.67. The second-order valence-corrected chi connectivity index (χ2v) is 7.11. The third kappa shape index (κ3) is 4.43. The van der Waals surface area contributed by atoms with Crippen molar-refractivity contribution in [1.29, 1.82) is 5.26 Å². The van der Waals surface area contributed by atoms with E-state index in [0.717, 1.165) is 22.4 Å². The van der Waals surface area contributed by atoms with Crippen molar-refractivity contribution in [3.05, 3.63) is 89.9 Å². The van der Waals surface area contributed by atoms with Crippen molar-refractivity contribution >= 4 is 23.1 Å². The van der Waals surface area contributed by atoms with Gasteiger partial charge in [-0.15, -0.1) is 0 Å². The number of pyridine rings is 1. The standard InChI is InChI=1S/C24H20N6O/c1-16-5-3-4-6-21(16)28-23-22(11-19(13-26-23)20-14-27-30(2)15-20)29-24(31)18-9-7-17(12-25)8-10-18/h3-11,13-15H,1-2H3,(H,26,28)(H,29,31). The smallest absolute Gasteiger partial charge is 0.255 e. The number of nitrogens with zero attached hydrogens (tertiary/aromatic N) is 4. The minimum Gasteiger partial charge on any atom is -0.338 e. The van der Waals surface area contributed by atoms with Crippen LogP contribution in [0.3, 0.4) is 0 Å². The topological polar surface area (TPSA) is 95.6 Å². The monoisotopic (exact) mass is 408 g/mol. The zero-order valence-electron chi connectivity index (χ0n) is 17.1. The van der Waals surface area contributed by atoms with Crippen molar-refractivity contribution in [3.8, 4) is 17.2 Å². The van der Waals surface area contributed by atoms with E-state index in [4.69, 9.17) is 5.26 Å². The Morgan fingerprint density at radius 2 is 1.81 bits per heavy atom. The number of nitriles is 1. The van der Waals surface area contributed by atoms with Gasteiger partial charge in [0.2, 0.25) is 0 Å². The van der Waals surface area contributed by atoms with E-state index in [0.29, 0.717) is 22.6 Å². The molecule has 4 rings (SSSR count). The summed E-state index contributed by atoms with van der Waals surface area (Å²) in [5, 5.41) is 19.4. The van der Waals surface area contributed by atoms with Crippen molar-refractivity contribution < 1.29 is 4.79 Å². The molecule has 0 aliphatic rings. The largest absolute Gasteiger partial charge is 0.338 e. The zero-order valence-corrected chi connectivity index (χ0v) is 17.1. The van der Waals surface area contributed by atoms with Gasteiger partial charge in [0.25, 0.3) is 5.91 Å². The van der Waals surface area contributed by atoms with Gasteiger partial charge in [0.15, 0.2) is 5.82 Å². The molecule has 0 radical (unpaired) electrons. The molecule has 2 heterocycles. The third-order valence-corrected chi connectivity index (χ3v) is 4.85. The van der Waals surface area contributed by atoms with E-state index in [-0.39, 0.29) is 5.91 Å². The predicted octanol–water partition coefficient (Wildman–Crippen LogP) is 4.66. The highest BCUT2D eigenvalue weighted by Crippen LogP contribution is 2.30. The highest BCUT2D eigenvalue weighted by atomic mass is 16.1. The van der Waals surface area contributed by atoms with E-state index in [1.165, 1.54) is 0 Å². The Kier molecular flexibility index (Phi) is 5.45. The molecular formula is C24H20N6O. The van der Waals surface area contributed by atoms with Crippen LogP contribution in [0.2, 0.25) is 0 Å². The number of carbonyl (C=O) groups is 1. The van der Waals surface area contributed by atoms with Gasteiger partial charge in [0.1, 0.15) is 0 Å². The van der Waals surface area contributed by atoms with Gasteiger partial charge in [-0.05, 0) is 48.9 Å². The molecule has 152 valence electrons. The lowest BCUT2D eigenvalue weighted by molar-refractivity contribution is 0.102. The lowest BCUT2D eigenvalue weighted by atomic mass is 10.1. The Morgan fingerprint density at radius 3 is 2.48 bits per heavy atom. The molecule has 0 spiro atoms. The Bertz CT molecular complexity index is 1280. The summed E-state index contributed by atoms with van der Waals surface area (Å²) >= 11 is 0. The molecule has 7 heteroatoms. The molecule has 1 amide bonds. The number of rotatable bonds is 5. The average Bonchev–Trinajstić information content (AvgIpc) is 3.22. The van der Waals surface area contributed by atoms with Gasteiger partial charge >= 0.3 is 0 Å². The second-order valence-electron chi connectivity index (χ2n) is 7.11. The molecule has 2 N–H and O–H groups in total. The fourth-order valence-corrected chi connectivity index (χ4v) is 3.12. The lowest BCUT2D eigenvalue weighted by Gasteiger charge is -2.15. The maximum Gasteiger partial charge on any atom is 0.255 e. The number of hydrogen-bond donors (Lipinski definition) is 2. The molecule has 2 aromatic carbocycles. The summed E-state index contributed by atoms with van der Waals surface area (Å²) in [7, 11) is 1.85. The molecule has 0 aliphatic carbocycles. The van der Waals surface area contributed by atoms with Gasteiger partial charge in [-0.25, -0.2) is 4.98 Å². The van der Waals surface area contributed by atoms with Crippen LogP contribution >= 0.6 is 0 Å². The van der Waals surface area contributed by atoms with Crippen LogP contribution in [0.5, 0.6) is 0 Å². The van der Waals surface area contributed by atoms with E-state index in [2.05, 4.69) is 26.8 Å². The molecule has 0 saturated heterocycles. The average molecular weight is 408 g/mol. The van der Waals surface area contributed by atoms with Crippen LogP contribution in [0.25, 0.3) is 11.1 Å². The van der Waals surface area contributed by atoms with Crippen LogP contribution in [0.1, 0.15) is 21.5 Å². The quantitative estimate of drug-likeness (QED) is 0.501. The third-order valence-electron chi connectivity index (χ3n) is 4.85. The van der Waals surface area contributed by atoms with Crippen molar-refractivity contribution in [1.82, 2.24) is 14.8 Å². The Hall–Kier alpha value is -4.44. The molecule has 0 unspecified atom stereocenters. The molecule has 4 aromatic rings. The SMILES string of the molecule is Cc1ccccc1Nc1ncc(-c2cnn(C)c2)cc1NC(=O)c1ccc(C#N)cc1. The minimum absolute atomic E-state index is 0.289. The van der Waals surface area contributed by atoms with E-state index in [1.54, 1.807) is 41.3 Å². The number of anilines is 3. The second kappa shape index (κ2) is 8.51. The number of aryl methyl sites for hydroxylation is 2. The van der Waals surface area contributed by atoms with Crippen molar-refractivity contribution in [2.24, 2.45) is 7.05 Å². The van der Waals surface area contributed by atoms with Gasteiger partial charge in [-0.1, -0.05) is 18.2 Å². The van der Waals surface area contributed by atoms with Crippen LogP contribution in [-0.4, -0.2) is 20.7 Å². The first kappa shape index (κ1) is 19.9. The summed E-state index contributed by atoms with van der Waals surface area (Å²) < 4.78 is 1.71. The Labute approximate surface area is 180 Å². The van der Waals surface area contributed by atoms with Gasteiger partial charge in [0, 0.05) is 41.8 Å². The number of para-hydroxylation sites is 1. The molecule has 31 heavy (non-hydrogen) atoms. The summed E-state index contributed by atoms with van der Waals surface area (Å²) in [6, 6.07) is 18.3. The van der Waals surface area contributed by atoms with Gasteiger partial charge in [-0.3, -0.25) is 9.48 Å². The van der Waals surface area contributed by atoms with Crippen molar-refractivity contribution in [2.75, 3.05) is 10.6 Å². The number of carbonyl (C=O) groups excluding carboxylic acids is 1. The van der Waals surface area contributed by atoms with Crippen LogP contribution in [-0.2, 0) is 7.05 Å². The predicted molar refractivity (Wildman–Crippen MR) is 120 cm³/mol. The Balaban J connectivity index is 1.70. The maximum absolute atomic E-state index is 12.9. The molecule has 0 aliphatic heterocycles. The summed E-state index contributed by atoms with van der Waals surface area (Å²) in [6.45, 7) is 2.00. The molecule has 0 atom stereocenters. The van der Waals surface area contributed by atoms with Gasteiger partial charge < -0.3 is 10.6 Å². The highest BCUT2D eigenvalue weighted by molar-refractivity contribution is 6.06. The molecule has 2 aromatic heterocycles. The molecule has 0 saturated carbocycles. The van der Waals surface area contributed by atoms with Crippen molar-refractivity contribution in [2.45, 2.75) is 6.92 Å². The van der Waals surface area contributed by atoms with Gasteiger partial charge in [-0.2, -0.15) is 10.4 Å². The molecular weight excluding hydrogens is 388 g/mol. The number of nitrogens with one attached hydrogen (secondary N) is 2. The fraction of sp³-hybridized carbons (Fsp3) is 0.0833. The van der Waals surface area contributed by atoms with Crippen LogP contribution in [0.4, 0.5) is 17.2 Å². The number of amides is 1. The summed E-state index contributed by atoms with van der Waals surface area (Å²) in [5.41, 5.74) is 5.18. The van der Waals surface area contributed by atoms with E-state index < -0.39 is 0 Å². The summed E-state index contributed by atoms with van der Waals surface area (Å²) in [4.78, 5) is 17.4. The van der Waals surface area contributed by atoms with E-state index in [9.17, 15) is 4.79 Å². The maximum atomic E-state index is 12.9. The van der Waals surface area contributed by atoms with Gasteiger partial charge in [0.05, 0.1) is 23.5 Å². The molecule has 7 nitrogen and oxygen atoms in total. The van der Waals surface area contributed by atoms with Crippen LogP contribution in [0.15, 0.2) is 73.2 Å². The highest BCUT2D eigenvalue weighted by Gasteiger charge is 2.14. The first-order chi connectivity index (χ1) is 15.0.